The molecule has 0 aliphatic heterocycles. The Balaban J connectivity index is 2.13. The molecule has 0 atom stereocenters. The first kappa shape index (κ1) is 22.5. The monoisotopic (exact) mass is 431 g/mol. The number of amides is 1. The Morgan fingerprint density at radius 3 is 2.72 bits per heavy atom. The molecular formula is C18H21ClF3N5O2. The minimum atomic E-state index is -2.94. The molecule has 2 rings (SSSR count). The zero-order valence-electron chi connectivity index (χ0n) is 16.0. The fraction of sp³-hybridized carbons (Fsp3) is 0.389. The molecule has 1 aromatic heterocycles. The van der Waals surface area contributed by atoms with Gasteiger partial charge in [0, 0.05) is 11.3 Å². The van der Waals surface area contributed by atoms with E-state index in [9.17, 15) is 18.0 Å². The van der Waals surface area contributed by atoms with Gasteiger partial charge in [-0.2, -0.15) is 13.9 Å². The van der Waals surface area contributed by atoms with Crippen molar-refractivity contribution < 1.29 is 22.7 Å². The number of alkyl halides is 2. The molecule has 29 heavy (non-hydrogen) atoms. The lowest BCUT2D eigenvalue weighted by atomic mass is 10.1. The number of hydrogen-bond acceptors (Lipinski definition) is 4. The lowest BCUT2D eigenvalue weighted by Crippen LogP contribution is -2.31. The van der Waals surface area contributed by atoms with E-state index in [0.29, 0.717) is 6.42 Å². The molecule has 2 aromatic rings. The summed E-state index contributed by atoms with van der Waals surface area (Å²) in [6.45, 7) is 2.55. The third-order valence-corrected chi connectivity index (χ3v) is 4.32. The van der Waals surface area contributed by atoms with Gasteiger partial charge in [0.15, 0.2) is 5.69 Å². The van der Waals surface area contributed by atoms with Crippen molar-refractivity contribution in [1.29, 1.82) is 0 Å². The molecule has 1 aromatic carbocycles. The Labute approximate surface area is 170 Å². The van der Waals surface area contributed by atoms with Gasteiger partial charge in [0.1, 0.15) is 11.4 Å². The average Bonchev–Trinajstić information content (AvgIpc) is 3.04. The Morgan fingerprint density at radius 2 is 2.14 bits per heavy atom. The van der Waals surface area contributed by atoms with Crippen molar-refractivity contribution in [3.63, 3.8) is 0 Å². The smallest absolute Gasteiger partial charge is 0.333 e. The van der Waals surface area contributed by atoms with Crippen molar-refractivity contribution in [2.24, 2.45) is 10.7 Å². The van der Waals surface area contributed by atoms with Gasteiger partial charge in [0.25, 0.3) is 11.9 Å². The molecular weight excluding hydrogens is 411 g/mol. The number of hydrogen-bond donors (Lipinski definition) is 2. The Morgan fingerprint density at radius 1 is 1.45 bits per heavy atom. The van der Waals surface area contributed by atoms with Crippen LogP contribution in [0, 0.1) is 5.82 Å². The van der Waals surface area contributed by atoms with Crippen LogP contribution in [0.4, 0.5) is 18.9 Å². The number of nitrogens with one attached hydrogen (secondary N) is 1. The topological polar surface area (TPSA) is 94.5 Å². The summed E-state index contributed by atoms with van der Waals surface area (Å²) < 4.78 is 45.1. The summed E-state index contributed by atoms with van der Waals surface area (Å²) >= 11 is 5.77. The zero-order chi connectivity index (χ0) is 21.8. The Kier molecular flexibility index (Phi) is 7.12. The van der Waals surface area contributed by atoms with Crippen LogP contribution >= 0.6 is 11.6 Å². The third-order valence-electron chi connectivity index (χ3n) is 4.04. The van der Waals surface area contributed by atoms with E-state index in [2.05, 4.69) is 15.4 Å². The summed E-state index contributed by atoms with van der Waals surface area (Å²) in [5, 5.41) is 5.64. The quantitative estimate of drug-likeness (QED) is 0.503. The molecule has 0 aliphatic rings. The van der Waals surface area contributed by atoms with E-state index in [1.54, 1.807) is 0 Å². The number of benzene rings is 1. The SMILES string of the molecule is CCC(C)(C)OC(N)=NCc1cc(NC(=O)c2nn(C(F)F)cc2Cl)ccc1F. The van der Waals surface area contributed by atoms with Crippen LogP contribution in [-0.4, -0.2) is 27.3 Å². The fourth-order valence-corrected chi connectivity index (χ4v) is 2.36. The number of carbonyl (C=O) groups is 1. The van der Waals surface area contributed by atoms with Crippen molar-refractivity contribution in [3.05, 3.63) is 46.5 Å². The fourth-order valence-electron chi connectivity index (χ4n) is 2.14. The maximum atomic E-state index is 14.1. The lowest BCUT2D eigenvalue weighted by Gasteiger charge is -2.23. The molecule has 0 fully saturated rings. The number of halogens is 4. The molecule has 0 spiro atoms. The number of anilines is 1. The number of rotatable bonds is 7. The minimum Gasteiger partial charge on any atom is -0.459 e. The van der Waals surface area contributed by atoms with Gasteiger partial charge in [-0.15, -0.1) is 0 Å². The number of nitrogens with two attached hydrogens (primary N) is 1. The number of aliphatic imine (C=N–C) groups is 1. The van der Waals surface area contributed by atoms with Gasteiger partial charge >= 0.3 is 6.55 Å². The molecule has 0 bridgehead atoms. The number of nitrogens with zero attached hydrogens (tertiary/aromatic N) is 3. The van der Waals surface area contributed by atoms with E-state index in [1.165, 1.54) is 12.1 Å². The molecule has 0 saturated heterocycles. The van der Waals surface area contributed by atoms with Gasteiger partial charge < -0.3 is 15.8 Å². The minimum absolute atomic E-state index is 0.0880. The second-order valence-electron chi connectivity index (χ2n) is 6.71. The molecule has 0 aliphatic carbocycles. The third kappa shape index (κ3) is 6.11. The summed E-state index contributed by atoms with van der Waals surface area (Å²) in [7, 11) is 0. The van der Waals surface area contributed by atoms with Crippen LogP contribution in [0.2, 0.25) is 5.02 Å². The van der Waals surface area contributed by atoms with E-state index >= 15 is 0 Å². The van der Waals surface area contributed by atoms with Crippen LogP contribution in [0.3, 0.4) is 0 Å². The standard InChI is InChI=1S/C18H21ClF3N5O2/c1-4-18(2,3)29-17(23)24-8-10-7-11(5-6-13(10)20)25-15(28)14-12(19)9-27(26-14)16(21)22/h5-7,9,16H,4,8H2,1-3H3,(H2,23,24)(H,25,28). The predicted molar refractivity (Wildman–Crippen MR) is 104 cm³/mol. The maximum Gasteiger partial charge on any atom is 0.333 e. The van der Waals surface area contributed by atoms with Crippen LogP contribution in [0.15, 0.2) is 29.4 Å². The molecule has 0 unspecified atom stereocenters. The zero-order valence-corrected chi connectivity index (χ0v) is 16.8. The van der Waals surface area contributed by atoms with E-state index in [0.717, 1.165) is 12.3 Å². The van der Waals surface area contributed by atoms with Gasteiger partial charge in [-0.3, -0.25) is 4.79 Å². The summed E-state index contributed by atoms with van der Waals surface area (Å²) in [6.07, 6.45) is 1.54. The molecule has 7 nitrogen and oxygen atoms in total. The van der Waals surface area contributed by atoms with Crippen molar-refractivity contribution in [2.75, 3.05) is 5.32 Å². The van der Waals surface area contributed by atoms with Crippen LogP contribution in [0.1, 0.15) is 49.8 Å². The van der Waals surface area contributed by atoms with Gasteiger partial charge in [0.2, 0.25) is 0 Å². The van der Waals surface area contributed by atoms with E-state index in [4.69, 9.17) is 22.1 Å². The highest BCUT2D eigenvalue weighted by atomic mass is 35.5. The van der Waals surface area contributed by atoms with Crippen LogP contribution in [0.25, 0.3) is 0 Å². The van der Waals surface area contributed by atoms with Gasteiger partial charge in [0.05, 0.1) is 17.8 Å². The van der Waals surface area contributed by atoms with Crippen LogP contribution in [-0.2, 0) is 11.3 Å². The van der Waals surface area contributed by atoms with E-state index in [-0.39, 0.29) is 39.2 Å². The molecule has 158 valence electrons. The number of carbonyl (C=O) groups excluding carboxylic acids is 1. The first-order chi connectivity index (χ1) is 13.5. The normalized spacial score (nSPS) is 12.3. The summed E-state index contributed by atoms with van der Waals surface area (Å²) in [5.41, 5.74) is 5.18. The first-order valence-corrected chi connectivity index (χ1v) is 9.01. The molecule has 0 saturated carbocycles. The van der Waals surface area contributed by atoms with Crippen molar-refractivity contribution in [2.45, 2.75) is 45.9 Å². The predicted octanol–water partition coefficient (Wildman–Crippen LogP) is 4.34. The molecule has 3 N–H and O–H groups in total. The van der Waals surface area contributed by atoms with Crippen molar-refractivity contribution >= 4 is 29.2 Å². The maximum absolute atomic E-state index is 14.1. The molecule has 0 radical (unpaired) electrons. The second-order valence-corrected chi connectivity index (χ2v) is 7.12. The largest absolute Gasteiger partial charge is 0.459 e. The Hall–Kier alpha value is -2.75. The molecule has 1 heterocycles. The van der Waals surface area contributed by atoms with Crippen LogP contribution < -0.4 is 11.1 Å². The highest BCUT2D eigenvalue weighted by molar-refractivity contribution is 6.34. The van der Waals surface area contributed by atoms with Gasteiger partial charge in [-0.1, -0.05) is 18.5 Å². The number of amidine groups is 1. The van der Waals surface area contributed by atoms with Crippen LogP contribution in [0.5, 0.6) is 0 Å². The summed E-state index contributed by atoms with van der Waals surface area (Å²) in [6, 6.07) is 3.69. The molecule has 11 heteroatoms. The van der Waals surface area contributed by atoms with Gasteiger partial charge in [-0.05, 0) is 38.5 Å². The van der Waals surface area contributed by atoms with E-state index in [1.807, 2.05) is 20.8 Å². The highest BCUT2D eigenvalue weighted by Gasteiger charge is 2.20. The van der Waals surface area contributed by atoms with Crippen molar-refractivity contribution in [3.8, 4) is 0 Å². The summed E-state index contributed by atoms with van der Waals surface area (Å²) in [4.78, 5) is 16.2. The summed E-state index contributed by atoms with van der Waals surface area (Å²) in [5.74, 6) is -1.38. The Bertz CT molecular complexity index is 915. The second kappa shape index (κ2) is 9.17. The number of aromatic nitrogens is 2. The lowest BCUT2D eigenvalue weighted by molar-refractivity contribution is 0.0561. The first-order valence-electron chi connectivity index (χ1n) is 8.64. The van der Waals surface area contributed by atoms with Gasteiger partial charge in [-0.25, -0.2) is 14.1 Å². The molecule has 1 amide bonds. The van der Waals surface area contributed by atoms with Crippen molar-refractivity contribution in [1.82, 2.24) is 9.78 Å². The highest BCUT2D eigenvalue weighted by Crippen LogP contribution is 2.21. The number of ether oxygens (including phenoxy) is 1. The van der Waals surface area contributed by atoms with E-state index < -0.39 is 23.9 Å². The average molecular weight is 432 g/mol.